The van der Waals surface area contributed by atoms with E-state index in [1.807, 2.05) is 32.9 Å². The van der Waals surface area contributed by atoms with Gasteiger partial charge in [-0.1, -0.05) is 29.8 Å². The van der Waals surface area contributed by atoms with Gasteiger partial charge in [0.1, 0.15) is 0 Å². The molecule has 3 nitrogen and oxygen atoms in total. The van der Waals surface area contributed by atoms with Crippen molar-refractivity contribution in [3.8, 4) is 0 Å². The second kappa shape index (κ2) is 7.86. The molecule has 1 N–H and O–H groups in total. The lowest BCUT2D eigenvalue weighted by Gasteiger charge is -2.59. The molecule has 2 aromatic rings. The number of carbonyl (C=O) groups excluding carboxylic acids is 2. The van der Waals surface area contributed by atoms with E-state index in [2.05, 4.69) is 12.2 Å². The maximum atomic E-state index is 13.1. The molecule has 4 fully saturated rings. The highest BCUT2D eigenvalue weighted by atomic mass is 16.1. The van der Waals surface area contributed by atoms with Crippen molar-refractivity contribution < 1.29 is 9.59 Å². The molecule has 0 heterocycles. The van der Waals surface area contributed by atoms with Crippen LogP contribution in [-0.4, -0.2) is 17.7 Å². The molecule has 1 amide bonds. The van der Waals surface area contributed by atoms with Crippen LogP contribution in [0.1, 0.15) is 88.4 Å². The Morgan fingerprint density at radius 3 is 1.81 bits per heavy atom. The van der Waals surface area contributed by atoms with Crippen molar-refractivity contribution in [1.29, 1.82) is 0 Å². The van der Waals surface area contributed by atoms with Crippen LogP contribution in [0.4, 0.5) is 0 Å². The Morgan fingerprint density at radius 1 is 0.844 bits per heavy atom. The van der Waals surface area contributed by atoms with Gasteiger partial charge >= 0.3 is 0 Å². The van der Waals surface area contributed by atoms with Gasteiger partial charge in [-0.2, -0.15) is 0 Å². The number of aryl methyl sites for hydroxylation is 3. The highest BCUT2D eigenvalue weighted by molar-refractivity contribution is 6.11. The van der Waals surface area contributed by atoms with Gasteiger partial charge in [0, 0.05) is 22.7 Å². The van der Waals surface area contributed by atoms with Gasteiger partial charge in [-0.25, -0.2) is 0 Å². The number of hydrogen-bond acceptors (Lipinski definition) is 2. The van der Waals surface area contributed by atoms with E-state index in [-0.39, 0.29) is 17.7 Å². The molecule has 4 saturated carbocycles. The first kappa shape index (κ1) is 21.4. The zero-order valence-electron chi connectivity index (χ0n) is 19.8. The Kier molecular flexibility index (Phi) is 5.27. The third-order valence-corrected chi connectivity index (χ3v) is 8.67. The molecule has 4 bridgehead atoms. The summed E-state index contributed by atoms with van der Waals surface area (Å²) in [5.41, 5.74) is 5.49. The standard InChI is InChI=1S/C29H35NO2/c1-17-9-18(2)26(19(3)10-17)27(31)24-5-7-25(8-6-24)28(32)30-20(4)29-14-21-11-22(15-29)13-23(12-21)16-29/h5-10,20-23H,11-16H2,1-4H3,(H,30,32)/t20-,21?,22?,23?,29?/m0/s1. The van der Waals surface area contributed by atoms with Crippen molar-refractivity contribution >= 4 is 11.7 Å². The quantitative estimate of drug-likeness (QED) is 0.577. The molecule has 0 saturated heterocycles. The number of ketones is 1. The lowest BCUT2D eigenvalue weighted by molar-refractivity contribution is -0.0688. The highest BCUT2D eigenvalue weighted by Crippen LogP contribution is 2.61. The van der Waals surface area contributed by atoms with Crippen LogP contribution in [0.25, 0.3) is 0 Å². The summed E-state index contributed by atoms with van der Waals surface area (Å²) in [5.74, 6) is 2.63. The first-order valence-corrected chi connectivity index (χ1v) is 12.3. The normalized spacial score (nSPS) is 29.1. The zero-order valence-corrected chi connectivity index (χ0v) is 19.8. The maximum Gasteiger partial charge on any atom is 0.251 e. The average Bonchev–Trinajstić information content (AvgIpc) is 2.72. The van der Waals surface area contributed by atoms with Crippen molar-refractivity contribution in [3.63, 3.8) is 0 Å². The summed E-state index contributed by atoms with van der Waals surface area (Å²) in [6, 6.07) is 11.5. The van der Waals surface area contributed by atoms with E-state index in [9.17, 15) is 9.59 Å². The summed E-state index contributed by atoms with van der Waals surface area (Å²) in [6.07, 6.45) is 8.08. The van der Waals surface area contributed by atoms with Gasteiger partial charge in [0.05, 0.1) is 0 Å². The maximum absolute atomic E-state index is 13.1. The Hall–Kier alpha value is -2.42. The first-order valence-electron chi connectivity index (χ1n) is 12.3. The van der Waals surface area contributed by atoms with Crippen LogP contribution in [0.2, 0.25) is 0 Å². The van der Waals surface area contributed by atoms with Crippen molar-refractivity contribution in [2.75, 3.05) is 0 Å². The fourth-order valence-electron chi connectivity index (χ4n) is 7.60. The average molecular weight is 430 g/mol. The molecular weight excluding hydrogens is 394 g/mol. The SMILES string of the molecule is Cc1cc(C)c(C(=O)c2ccc(C(=O)N[C@@H](C)C34CC5CC(CC(C5)C3)C4)cc2)c(C)c1. The first-order chi connectivity index (χ1) is 15.2. The van der Waals surface area contributed by atoms with E-state index in [0.29, 0.717) is 16.5 Å². The van der Waals surface area contributed by atoms with Gasteiger partial charge in [0.15, 0.2) is 5.78 Å². The van der Waals surface area contributed by atoms with Crippen molar-refractivity contribution in [3.05, 3.63) is 69.8 Å². The summed E-state index contributed by atoms with van der Waals surface area (Å²) in [7, 11) is 0. The molecule has 0 aromatic heterocycles. The smallest absolute Gasteiger partial charge is 0.251 e. The van der Waals surface area contributed by atoms with E-state index < -0.39 is 0 Å². The molecule has 3 heteroatoms. The minimum atomic E-state index is -0.0186. The topological polar surface area (TPSA) is 46.2 Å². The van der Waals surface area contributed by atoms with Gasteiger partial charge in [-0.05, 0) is 113 Å². The number of benzene rings is 2. The van der Waals surface area contributed by atoms with Crippen molar-refractivity contribution in [1.82, 2.24) is 5.32 Å². The fraction of sp³-hybridized carbons (Fsp3) is 0.517. The van der Waals surface area contributed by atoms with Crippen LogP contribution in [0, 0.1) is 43.9 Å². The van der Waals surface area contributed by atoms with Crippen molar-refractivity contribution in [2.24, 2.45) is 23.2 Å². The van der Waals surface area contributed by atoms with Crippen LogP contribution in [0.5, 0.6) is 0 Å². The lowest BCUT2D eigenvalue weighted by Crippen LogP contribution is -2.55. The molecule has 0 unspecified atom stereocenters. The number of amides is 1. The number of rotatable bonds is 5. The van der Waals surface area contributed by atoms with E-state index in [1.54, 1.807) is 24.3 Å². The van der Waals surface area contributed by atoms with E-state index in [1.165, 1.54) is 38.5 Å². The van der Waals surface area contributed by atoms with Gasteiger partial charge in [0.25, 0.3) is 5.91 Å². The molecule has 32 heavy (non-hydrogen) atoms. The summed E-state index contributed by atoms with van der Waals surface area (Å²) >= 11 is 0. The third kappa shape index (κ3) is 3.70. The second-order valence-electron chi connectivity index (χ2n) is 11.2. The van der Waals surface area contributed by atoms with Gasteiger partial charge in [-0.3, -0.25) is 9.59 Å². The molecule has 4 aliphatic carbocycles. The van der Waals surface area contributed by atoms with Crippen LogP contribution in [0.15, 0.2) is 36.4 Å². The molecule has 2 aromatic carbocycles. The molecule has 4 aliphatic rings. The van der Waals surface area contributed by atoms with Crippen molar-refractivity contribution in [2.45, 2.75) is 72.3 Å². The third-order valence-electron chi connectivity index (χ3n) is 8.67. The van der Waals surface area contributed by atoms with Crippen LogP contribution < -0.4 is 5.32 Å². The Balaban J connectivity index is 1.29. The predicted octanol–water partition coefficient (Wildman–Crippen LogP) is 6.18. The number of hydrogen-bond donors (Lipinski definition) is 1. The molecule has 168 valence electrons. The van der Waals surface area contributed by atoms with Gasteiger partial charge in [-0.15, -0.1) is 0 Å². The van der Waals surface area contributed by atoms with E-state index >= 15 is 0 Å². The highest BCUT2D eigenvalue weighted by Gasteiger charge is 2.53. The fourth-order valence-corrected chi connectivity index (χ4v) is 7.60. The number of nitrogens with one attached hydrogen (secondary N) is 1. The van der Waals surface area contributed by atoms with Gasteiger partial charge < -0.3 is 5.32 Å². The van der Waals surface area contributed by atoms with Gasteiger partial charge in [0.2, 0.25) is 0 Å². The molecule has 6 rings (SSSR count). The van der Waals surface area contributed by atoms with Crippen LogP contribution >= 0.6 is 0 Å². The molecule has 1 atom stereocenters. The Bertz CT molecular complexity index is 1010. The molecule has 0 aliphatic heterocycles. The molecular formula is C29H35NO2. The minimum absolute atomic E-state index is 0.0186. The Morgan fingerprint density at radius 2 is 1.31 bits per heavy atom. The summed E-state index contributed by atoms with van der Waals surface area (Å²) in [4.78, 5) is 26.2. The summed E-state index contributed by atoms with van der Waals surface area (Å²) < 4.78 is 0. The summed E-state index contributed by atoms with van der Waals surface area (Å²) in [6.45, 7) is 8.24. The van der Waals surface area contributed by atoms with Crippen LogP contribution in [-0.2, 0) is 0 Å². The minimum Gasteiger partial charge on any atom is -0.349 e. The van der Waals surface area contributed by atoms with Crippen LogP contribution in [0.3, 0.4) is 0 Å². The monoisotopic (exact) mass is 429 g/mol. The molecule has 0 radical (unpaired) electrons. The second-order valence-corrected chi connectivity index (χ2v) is 11.2. The van der Waals surface area contributed by atoms with E-state index in [0.717, 1.165) is 40.0 Å². The Labute approximate surface area is 192 Å². The number of carbonyl (C=O) groups is 2. The largest absolute Gasteiger partial charge is 0.349 e. The molecule has 0 spiro atoms. The lowest BCUT2D eigenvalue weighted by atomic mass is 9.48. The zero-order chi connectivity index (χ0) is 22.6. The summed E-state index contributed by atoms with van der Waals surface area (Å²) in [5, 5.41) is 3.33. The van der Waals surface area contributed by atoms with E-state index in [4.69, 9.17) is 0 Å². The predicted molar refractivity (Wildman–Crippen MR) is 128 cm³/mol.